The van der Waals surface area contributed by atoms with Crippen molar-refractivity contribution in [3.05, 3.63) is 0 Å². The fourth-order valence-electron chi connectivity index (χ4n) is 0.476. The zero-order valence-corrected chi connectivity index (χ0v) is 9.73. The molecule has 0 heterocycles. The quantitative estimate of drug-likeness (QED) is 0.456. The van der Waals surface area contributed by atoms with Gasteiger partial charge in [-0.15, -0.1) is 0 Å². The molecule has 0 N–H and O–H groups in total. The Kier molecular flexibility index (Phi) is 7.49. The predicted molar refractivity (Wildman–Crippen MR) is 41.4 cm³/mol. The smallest absolute Gasteiger partial charge is 0.267 e. The van der Waals surface area contributed by atoms with Crippen molar-refractivity contribution < 1.29 is 12.6 Å². The van der Waals surface area contributed by atoms with E-state index in [4.69, 9.17) is 0 Å². The van der Waals surface area contributed by atoms with Crippen LogP contribution in [0.2, 0.25) is 0 Å². The number of rotatable bonds is 3. The van der Waals surface area contributed by atoms with Gasteiger partial charge in [-0.3, -0.25) is 4.18 Å². The van der Waals surface area contributed by atoms with Crippen molar-refractivity contribution in [3.63, 3.8) is 0 Å². The minimum atomic E-state index is -3.22. The van der Waals surface area contributed by atoms with E-state index in [1.165, 1.54) is 7.11 Å². The van der Waals surface area contributed by atoms with Gasteiger partial charge < -0.3 is 0 Å². The maximum Gasteiger partial charge on any atom is 0.267 e. The van der Waals surface area contributed by atoms with Crippen LogP contribution in [0.1, 0.15) is 13.8 Å². The minimum absolute atomic E-state index is 0. The van der Waals surface area contributed by atoms with E-state index in [9.17, 15) is 8.42 Å². The summed E-state index contributed by atoms with van der Waals surface area (Å²) < 4.78 is 25.4. The van der Waals surface area contributed by atoms with Crippen LogP contribution in [0.5, 0.6) is 0 Å². The van der Waals surface area contributed by atoms with Crippen LogP contribution in [-0.2, 0) is 14.3 Å². The van der Waals surface area contributed by atoms with Crippen molar-refractivity contribution in [3.8, 4) is 0 Å². The molecule has 0 bridgehead atoms. The third-order valence-corrected chi connectivity index (χ3v) is 2.37. The van der Waals surface area contributed by atoms with Crippen molar-refractivity contribution in [1.29, 1.82) is 0 Å². The fourth-order valence-corrected chi connectivity index (χ4v) is 1.43. The van der Waals surface area contributed by atoms with E-state index < -0.39 is 10.1 Å². The Balaban J connectivity index is 0. The second-order valence-electron chi connectivity index (χ2n) is 2.28. The zero-order valence-electron chi connectivity index (χ0n) is 6.92. The van der Waals surface area contributed by atoms with Crippen LogP contribution in [0.4, 0.5) is 0 Å². The molecule has 0 rings (SSSR count). The van der Waals surface area contributed by atoms with Gasteiger partial charge in [0, 0.05) is 29.6 Å². The van der Waals surface area contributed by atoms with E-state index in [1.807, 2.05) is 13.8 Å². The average Bonchev–Trinajstić information content (AvgIpc) is 1.63. The molecule has 0 aromatic carbocycles. The molecule has 0 aliphatic carbocycles. The summed E-state index contributed by atoms with van der Waals surface area (Å²) in [5.41, 5.74) is 0. The molecule has 1 radical (unpaired) electrons. The minimum Gasteiger partial charge on any atom is -0.273 e. The van der Waals surface area contributed by atoms with Crippen molar-refractivity contribution in [2.75, 3.05) is 12.9 Å². The van der Waals surface area contributed by atoms with Crippen LogP contribution in [0.15, 0.2) is 0 Å². The van der Waals surface area contributed by atoms with Gasteiger partial charge in [-0.2, -0.15) is 8.42 Å². The maximum atomic E-state index is 10.6. The normalized spacial score (nSPS) is 11.2. The molecule has 10 heavy (non-hydrogen) atoms. The van der Waals surface area contributed by atoms with Crippen LogP contribution in [0.3, 0.4) is 0 Å². The largest absolute Gasteiger partial charge is 0.273 e. The third kappa shape index (κ3) is 7.02. The van der Waals surface area contributed by atoms with E-state index >= 15 is 0 Å². The molecule has 0 fully saturated rings. The zero-order chi connectivity index (χ0) is 7.49. The Morgan fingerprint density at radius 3 is 1.90 bits per heavy atom. The summed E-state index contributed by atoms with van der Waals surface area (Å²) in [6, 6.07) is 0. The molecule has 0 saturated carbocycles. The fraction of sp³-hybridized carbons (Fsp3) is 1.00. The Morgan fingerprint density at radius 2 is 1.80 bits per heavy atom. The summed E-state index contributed by atoms with van der Waals surface area (Å²) in [5, 5.41) is 0. The van der Waals surface area contributed by atoms with Crippen LogP contribution in [-0.4, -0.2) is 50.8 Å². The Bertz CT molecular complexity index is 162. The summed E-state index contributed by atoms with van der Waals surface area (Å²) in [4.78, 5) is 0. The van der Waals surface area contributed by atoms with Gasteiger partial charge in [-0.05, 0) is 5.92 Å². The van der Waals surface area contributed by atoms with Crippen molar-refractivity contribution >= 4 is 39.7 Å². The molecule has 5 heteroatoms. The van der Waals surface area contributed by atoms with E-state index in [0.29, 0.717) is 0 Å². The van der Waals surface area contributed by atoms with Crippen LogP contribution in [0, 0.1) is 5.92 Å². The van der Waals surface area contributed by atoms with Crippen LogP contribution >= 0.6 is 0 Å². The number of hydrogen-bond acceptors (Lipinski definition) is 3. The topological polar surface area (TPSA) is 43.4 Å². The van der Waals surface area contributed by atoms with Crippen LogP contribution in [0.25, 0.3) is 0 Å². The molecule has 0 saturated heterocycles. The SMILES string of the molecule is COS(=O)(=O)CC(C)C.[Na]. The van der Waals surface area contributed by atoms with Gasteiger partial charge in [-0.25, -0.2) is 0 Å². The summed E-state index contributed by atoms with van der Waals surface area (Å²) in [7, 11) is -2.04. The molecule has 0 atom stereocenters. The molecular weight excluding hydrogens is 163 g/mol. The number of hydrogen-bond donors (Lipinski definition) is 0. The summed E-state index contributed by atoms with van der Waals surface area (Å²) in [5.74, 6) is 0.235. The van der Waals surface area contributed by atoms with Gasteiger partial charge in [0.1, 0.15) is 0 Å². The second kappa shape index (κ2) is 5.55. The third-order valence-electron chi connectivity index (χ3n) is 0.791. The molecule has 0 amide bonds. The molecule has 57 valence electrons. The predicted octanol–water partition coefficient (Wildman–Crippen LogP) is 0.238. The van der Waals surface area contributed by atoms with Crippen molar-refractivity contribution in [2.24, 2.45) is 5.92 Å². The molecule has 3 nitrogen and oxygen atoms in total. The van der Waals surface area contributed by atoms with Crippen molar-refractivity contribution in [1.82, 2.24) is 0 Å². The first-order valence-electron chi connectivity index (χ1n) is 2.76. The first-order chi connectivity index (χ1) is 3.98. The van der Waals surface area contributed by atoms with E-state index in [0.717, 1.165) is 0 Å². The Morgan fingerprint density at radius 1 is 1.40 bits per heavy atom. The molecule has 0 aromatic rings. The molecule has 0 aliphatic rings. The van der Waals surface area contributed by atoms with Gasteiger partial charge in [0.25, 0.3) is 10.1 Å². The average molecular weight is 175 g/mol. The monoisotopic (exact) mass is 175 g/mol. The molecular formula is C5H12NaO3S. The first kappa shape index (κ1) is 13.5. The van der Waals surface area contributed by atoms with Crippen molar-refractivity contribution in [2.45, 2.75) is 13.8 Å². The molecule has 0 aliphatic heterocycles. The Labute approximate surface area is 84.6 Å². The van der Waals surface area contributed by atoms with Gasteiger partial charge in [0.05, 0.1) is 12.9 Å². The van der Waals surface area contributed by atoms with E-state index in [-0.39, 0.29) is 41.2 Å². The van der Waals surface area contributed by atoms with E-state index in [2.05, 4.69) is 4.18 Å². The van der Waals surface area contributed by atoms with Gasteiger partial charge in [0.2, 0.25) is 0 Å². The molecule has 0 aromatic heterocycles. The first-order valence-corrected chi connectivity index (χ1v) is 4.34. The van der Waals surface area contributed by atoms with Gasteiger partial charge in [0.15, 0.2) is 0 Å². The standard InChI is InChI=1S/C5H12O3S.Na/c1-5(2)4-9(6,7)8-3;/h5H,4H2,1-3H3;. The summed E-state index contributed by atoms with van der Waals surface area (Å²) in [6.07, 6.45) is 0. The second-order valence-corrected chi connectivity index (χ2v) is 4.07. The molecule has 0 spiro atoms. The Hall–Kier alpha value is 0.910. The maximum absolute atomic E-state index is 10.6. The summed E-state index contributed by atoms with van der Waals surface area (Å²) in [6.45, 7) is 3.66. The van der Waals surface area contributed by atoms with Crippen LogP contribution < -0.4 is 0 Å². The van der Waals surface area contributed by atoms with Gasteiger partial charge >= 0.3 is 0 Å². The summed E-state index contributed by atoms with van der Waals surface area (Å²) >= 11 is 0. The van der Waals surface area contributed by atoms with Gasteiger partial charge in [-0.1, -0.05) is 13.8 Å². The molecule has 0 unspecified atom stereocenters. The van der Waals surface area contributed by atoms with E-state index in [1.54, 1.807) is 0 Å².